The molecule has 1 rings (SSSR count). The molecule has 1 nitrogen and oxygen atoms in total. The van der Waals surface area contributed by atoms with Crippen molar-refractivity contribution < 1.29 is 0 Å². The first-order valence-electron chi connectivity index (χ1n) is 5.57. The standard InChI is InChI=1S/C12H23N/c1-4-8-12(11(2)3)9-6-5-7-10-13-12/h4,11,13H,1,5-10H2,2-3H3. The Morgan fingerprint density at radius 2 is 2.15 bits per heavy atom. The lowest BCUT2D eigenvalue weighted by atomic mass is 9.80. The van der Waals surface area contributed by atoms with Crippen molar-refractivity contribution in [3.63, 3.8) is 0 Å². The van der Waals surface area contributed by atoms with E-state index in [1.165, 1.54) is 32.2 Å². The summed E-state index contributed by atoms with van der Waals surface area (Å²) in [5.41, 5.74) is 0.345. The van der Waals surface area contributed by atoms with E-state index >= 15 is 0 Å². The van der Waals surface area contributed by atoms with Crippen LogP contribution in [0.2, 0.25) is 0 Å². The minimum absolute atomic E-state index is 0.345. The smallest absolute Gasteiger partial charge is 0.0238 e. The maximum absolute atomic E-state index is 3.87. The Hall–Kier alpha value is -0.300. The van der Waals surface area contributed by atoms with Crippen molar-refractivity contribution >= 4 is 0 Å². The zero-order chi connectivity index (χ0) is 9.73. The third-order valence-electron chi connectivity index (χ3n) is 3.39. The average molecular weight is 181 g/mol. The van der Waals surface area contributed by atoms with Gasteiger partial charge in [-0.25, -0.2) is 0 Å². The van der Waals surface area contributed by atoms with Crippen molar-refractivity contribution in [2.24, 2.45) is 5.92 Å². The van der Waals surface area contributed by atoms with E-state index in [0.29, 0.717) is 11.5 Å². The topological polar surface area (TPSA) is 12.0 Å². The van der Waals surface area contributed by atoms with Crippen LogP contribution in [0.5, 0.6) is 0 Å². The Morgan fingerprint density at radius 1 is 1.38 bits per heavy atom. The molecule has 1 fully saturated rings. The van der Waals surface area contributed by atoms with E-state index in [-0.39, 0.29) is 0 Å². The molecule has 0 amide bonds. The van der Waals surface area contributed by atoms with Gasteiger partial charge in [0.25, 0.3) is 0 Å². The summed E-state index contributed by atoms with van der Waals surface area (Å²) in [7, 11) is 0. The van der Waals surface area contributed by atoms with Crippen molar-refractivity contribution in [3.05, 3.63) is 12.7 Å². The normalized spacial score (nSPS) is 30.1. The van der Waals surface area contributed by atoms with Crippen LogP contribution < -0.4 is 5.32 Å². The van der Waals surface area contributed by atoms with Gasteiger partial charge in [-0.05, 0) is 31.7 Å². The molecule has 1 aliphatic heterocycles. The van der Waals surface area contributed by atoms with Crippen LogP contribution in [0.4, 0.5) is 0 Å². The van der Waals surface area contributed by atoms with Crippen LogP contribution in [0.25, 0.3) is 0 Å². The molecule has 1 heterocycles. The fourth-order valence-corrected chi connectivity index (χ4v) is 2.33. The lowest BCUT2D eigenvalue weighted by Gasteiger charge is -2.37. The summed E-state index contributed by atoms with van der Waals surface area (Å²) >= 11 is 0. The van der Waals surface area contributed by atoms with Crippen LogP contribution >= 0.6 is 0 Å². The van der Waals surface area contributed by atoms with Crippen molar-refractivity contribution in [2.45, 2.75) is 51.5 Å². The molecular weight excluding hydrogens is 158 g/mol. The molecule has 1 aliphatic rings. The Morgan fingerprint density at radius 3 is 2.77 bits per heavy atom. The first-order valence-corrected chi connectivity index (χ1v) is 5.57. The van der Waals surface area contributed by atoms with Crippen LogP contribution in [0.1, 0.15) is 46.0 Å². The molecule has 0 aromatic carbocycles. The number of nitrogens with one attached hydrogen (secondary N) is 1. The molecule has 1 atom stereocenters. The molecule has 0 radical (unpaired) electrons. The van der Waals surface area contributed by atoms with Gasteiger partial charge in [0.15, 0.2) is 0 Å². The Labute approximate surface area is 82.6 Å². The van der Waals surface area contributed by atoms with E-state index in [4.69, 9.17) is 0 Å². The third-order valence-corrected chi connectivity index (χ3v) is 3.39. The first-order chi connectivity index (χ1) is 6.21. The SMILES string of the molecule is C=CCC1(C(C)C)CCCCCN1. The molecule has 0 bridgehead atoms. The van der Waals surface area contributed by atoms with Crippen molar-refractivity contribution in [1.29, 1.82) is 0 Å². The van der Waals surface area contributed by atoms with Gasteiger partial charge < -0.3 is 5.32 Å². The molecule has 0 spiro atoms. The van der Waals surface area contributed by atoms with Gasteiger partial charge in [-0.2, -0.15) is 0 Å². The van der Waals surface area contributed by atoms with Crippen LogP contribution in [0, 0.1) is 5.92 Å². The van der Waals surface area contributed by atoms with Crippen LogP contribution in [0.15, 0.2) is 12.7 Å². The Balaban J connectivity index is 2.67. The largest absolute Gasteiger partial charge is 0.311 e. The average Bonchev–Trinajstić information content (AvgIpc) is 2.31. The van der Waals surface area contributed by atoms with Gasteiger partial charge in [-0.3, -0.25) is 0 Å². The van der Waals surface area contributed by atoms with Gasteiger partial charge >= 0.3 is 0 Å². The predicted octanol–water partition coefficient (Wildman–Crippen LogP) is 3.12. The number of rotatable bonds is 3. The fourth-order valence-electron chi connectivity index (χ4n) is 2.33. The summed E-state index contributed by atoms with van der Waals surface area (Å²) in [5, 5.41) is 3.72. The van der Waals surface area contributed by atoms with E-state index in [1.807, 2.05) is 0 Å². The highest BCUT2D eigenvalue weighted by Crippen LogP contribution is 2.30. The van der Waals surface area contributed by atoms with Crippen LogP contribution in [-0.4, -0.2) is 12.1 Å². The van der Waals surface area contributed by atoms with E-state index in [9.17, 15) is 0 Å². The highest BCUT2D eigenvalue weighted by molar-refractivity contribution is 4.97. The highest BCUT2D eigenvalue weighted by Gasteiger charge is 2.32. The monoisotopic (exact) mass is 181 g/mol. The summed E-state index contributed by atoms with van der Waals surface area (Å²) in [6.07, 6.45) is 8.60. The van der Waals surface area contributed by atoms with Gasteiger partial charge in [0.05, 0.1) is 0 Å². The zero-order valence-electron chi connectivity index (χ0n) is 9.10. The second-order valence-electron chi connectivity index (χ2n) is 4.54. The fraction of sp³-hybridized carbons (Fsp3) is 0.833. The lowest BCUT2D eigenvalue weighted by molar-refractivity contribution is 0.230. The van der Waals surface area contributed by atoms with Crippen LogP contribution in [0.3, 0.4) is 0 Å². The van der Waals surface area contributed by atoms with Gasteiger partial charge in [0.2, 0.25) is 0 Å². The van der Waals surface area contributed by atoms with Gasteiger partial charge in [-0.15, -0.1) is 6.58 Å². The molecule has 76 valence electrons. The highest BCUT2D eigenvalue weighted by atomic mass is 15.0. The molecule has 1 N–H and O–H groups in total. The molecule has 0 aliphatic carbocycles. The van der Waals surface area contributed by atoms with E-state index in [1.54, 1.807) is 0 Å². The summed E-state index contributed by atoms with van der Waals surface area (Å²) in [6, 6.07) is 0. The van der Waals surface area contributed by atoms with Gasteiger partial charge in [0, 0.05) is 5.54 Å². The zero-order valence-corrected chi connectivity index (χ0v) is 9.10. The Bertz CT molecular complexity index is 153. The summed E-state index contributed by atoms with van der Waals surface area (Å²) < 4.78 is 0. The molecule has 1 saturated heterocycles. The summed E-state index contributed by atoms with van der Waals surface area (Å²) in [6.45, 7) is 9.70. The minimum Gasteiger partial charge on any atom is -0.311 e. The number of hydrogen-bond donors (Lipinski definition) is 1. The predicted molar refractivity (Wildman–Crippen MR) is 58.9 cm³/mol. The summed E-state index contributed by atoms with van der Waals surface area (Å²) in [5.74, 6) is 0.712. The molecule has 1 heteroatoms. The minimum atomic E-state index is 0.345. The van der Waals surface area contributed by atoms with Gasteiger partial charge in [0.1, 0.15) is 0 Å². The van der Waals surface area contributed by atoms with E-state index < -0.39 is 0 Å². The second kappa shape index (κ2) is 4.80. The van der Waals surface area contributed by atoms with Crippen LogP contribution in [-0.2, 0) is 0 Å². The molecule has 13 heavy (non-hydrogen) atoms. The quantitative estimate of drug-likeness (QED) is 0.660. The maximum atomic E-state index is 3.87. The molecule has 1 unspecified atom stereocenters. The maximum Gasteiger partial charge on any atom is 0.0238 e. The van der Waals surface area contributed by atoms with Crippen molar-refractivity contribution in [2.75, 3.05) is 6.54 Å². The molecule has 0 aromatic heterocycles. The van der Waals surface area contributed by atoms with Crippen molar-refractivity contribution in [1.82, 2.24) is 5.32 Å². The molecular formula is C12H23N. The van der Waals surface area contributed by atoms with Gasteiger partial charge in [-0.1, -0.05) is 32.8 Å². The summed E-state index contributed by atoms with van der Waals surface area (Å²) in [4.78, 5) is 0. The van der Waals surface area contributed by atoms with Crippen molar-refractivity contribution in [3.8, 4) is 0 Å². The number of hydrogen-bond acceptors (Lipinski definition) is 1. The lowest BCUT2D eigenvalue weighted by Crippen LogP contribution is -2.48. The molecule has 0 aromatic rings. The first kappa shape index (κ1) is 10.8. The van der Waals surface area contributed by atoms with E-state index in [2.05, 4.69) is 31.8 Å². The second-order valence-corrected chi connectivity index (χ2v) is 4.54. The Kier molecular flexibility index (Phi) is 3.98. The third kappa shape index (κ3) is 2.57. The molecule has 0 saturated carbocycles. The van der Waals surface area contributed by atoms with E-state index in [0.717, 1.165) is 6.42 Å².